The summed E-state index contributed by atoms with van der Waals surface area (Å²) in [4.78, 5) is 28.1. The Bertz CT molecular complexity index is 375. The third-order valence-electron chi connectivity index (χ3n) is 2.53. The van der Waals surface area contributed by atoms with Crippen LogP contribution in [0.15, 0.2) is 24.5 Å². The zero-order valence-electron chi connectivity index (χ0n) is 8.85. The highest BCUT2D eigenvalue weighted by molar-refractivity contribution is 5.99. The van der Waals surface area contributed by atoms with Crippen LogP contribution in [0.4, 0.5) is 0 Å². The number of hydrogen-bond acceptors (Lipinski definition) is 4. The van der Waals surface area contributed by atoms with E-state index in [4.69, 9.17) is 0 Å². The van der Waals surface area contributed by atoms with Crippen LogP contribution in [0.1, 0.15) is 5.56 Å². The molecule has 1 fully saturated rings. The summed E-state index contributed by atoms with van der Waals surface area (Å²) < 4.78 is 0. The van der Waals surface area contributed by atoms with Gasteiger partial charge in [0.15, 0.2) is 0 Å². The maximum atomic E-state index is 11.5. The van der Waals surface area contributed by atoms with Crippen molar-refractivity contribution in [2.75, 3.05) is 19.6 Å². The molecule has 2 heterocycles. The lowest BCUT2D eigenvalue weighted by atomic mass is 10.2. The molecule has 1 saturated heterocycles. The van der Waals surface area contributed by atoms with Crippen LogP contribution >= 0.6 is 0 Å². The molecule has 1 aromatic rings. The van der Waals surface area contributed by atoms with Crippen molar-refractivity contribution < 1.29 is 9.59 Å². The summed E-state index contributed by atoms with van der Waals surface area (Å²) in [5.74, 6) is -0.296. The van der Waals surface area contributed by atoms with Crippen LogP contribution in [0, 0.1) is 0 Å². The van der Waals surface area contributed by atoms with Crippen molar-refractivity contribution in [3.05, 3.63) is 30.1 Å². The van der Waals surface area contributed by atoms with Gasteiger partial charge < -0.3 is 0 Å². The summed E-state index contributed by atoms with van der Waals surface area (Å²) in [5.41, 5.74) is 1.08. The molecule has 5 nitrogen and oxygen atoms in total. The molecular formula is C11H13N3O2. The van der Waals surface area contributed by atoms with Crippen molar-refractivity contribution in [2.45, 2.75) is 6.42 Å². The van der Waals surface area contributed by atoms with Crippen molar-refractivity contribution >= 4 is 11.8 Å². The predicted octanol–water partition coefficient (Wildman–Crippen LogP) is -0.417. The summed E-state index contributed by atoms with van der Waals surface area (Å²) in [7, 11) is 0. The number of nitrogens with zero attached hydrogens (tertiary/aromatic N) is 2. The van der Waals surface area contributed by atoms with E-state index in [9.17, 15) is 9.59 Å². The monoisotopic (exact) mass is 219 g/mol. The second-order valence-corrected chi connectivity index (χ2v) is 3.65. The number of carbonyl (C=O) groups excluding carboxylic acids is 2. The standard InChI is InChI=1S/C11H13N3O2/c15-10-7-13-8-11(16)14(10)6-3-9-1-4-12-5-2-9/h1-2,4-5,13H,3,6-8H2. The summed E-state index contributed by atoms with van der Waals surface area (Å²) in [5, 5.41) is 2.76. The molecule has 0 radical (unpaired) electrons. The second kappa shape index (κ2) is 4.85. The van der Waals surface area contributed by atoms with Crippen molar-refractivity contribution in [3.8, 4) is 0 Å². The minimum absolute atomic E-state index is 0.148. The smallest absolute Gasteiger partial charge is 0.243 e. The maximum absolute atomic E-state index is 11.5. The van der Waals surface area contributed by atoms with Crippen LogP contribution in [0.2, 0.25) is 0 Å². The van der Waals surface area contributed by atoms with Gasteiger partial charge >= 0.3 is 0 Å². The van der Waals surface area contributed by atoms with Gasteiger partial charge in [0, 0.05) is 18.9 Å². The van der Waals surface area contributed by atoms with Gasteiger partial charge in [0.1, 0.15) is 0 Å². The van der Waals surface area contributed by atoms with Crippen molar-refractivity contribution in [1.29, 1.82) is 0 Å². The zero-order valence-corrected chi connectivity index (χ0v) is 8.85. The molecule has 1 aliphatic rings. The fourth-order valence-corrected chi connectivity index (χ4v) is 1.65. The first-order chi connectivity index (χ1) is 7.77. The fourth-order valence-electron chi connectivity index (χ4n) is 1.65. The average molecular weight is 219 g/mol. The van der Waals surface area contributed by atoms with Gasteiger partial charge in [-0.2, -0.15) is 0 Å². The van der Waals surface area contributed by atoms with Gasteiger partial charge in [-0.25, -0.2) is 0 Å². The topological polar surface area (TPSA) is 62.3 Å². The number of nitrogens with one attached hydrogen (secondary N) is 1. The van der Waals surface area contributed by atoms with E-state index in [0.29, 0.717) is 13.0 Å². The van der Waals surface area contributed by atoms with Gasteiger partial charge in [-0.3, -0.25) is 24.8 Å². The number of carbonyl (C=O) groups is 2. The molecule has 2 rings (SSSR count). The van der Waals surface area contributed by atoms with Crippen LogP contribution in [-0.2, 0) is 16.0 Å². The molecule has 2 amide bonds. The number of imide groups is 1. The Balaban J connectivity index is 1.94. The van der Waals surface area contributed by atoms with Crippen molar-refractivity contribution in [1.82, 2.24) is 15.2 Å². The number of pyridine rings is 1. The second-order valence-electron chi connectivity index (χ2n) is 3.65. The SMILES string of the molecule is O=C1CNCC(=O)N1CCc1ccncc1. The van der Waals surface area contributed by atoms with Gasteiger partial charge in [0.05, 0.1) is 13.1 Å². The van der Waals surface area contributed by atoms with Crippen LogP contribution < -0.4 is 5.32 Å². The lowest BCUT2D eigenvalue weighted by molar-refractivity contribution is -0.146. The average Bonchev–Trinajstić information content (AvgIpc) is 2.30. The molecule has 0 aliphatic carbocycles. The Morgan fingerprint density at radius 1 is 1.19 bits per heavy atom. The normalized spacial score (nSPS) is 16.6. The van der Waals surface area contributed by atoms with Crippen molar-refractivity contribution in [2.24, 2.45) is 0 Å². The number of amides is 2. The number of rotatable bonds is 3. The molecule has 1 aliphatic heterocycles. The molecule has 84 valence electrons. The molecule has 0 spiro atoms. The number of hydrogen-bond donors (Lipinski definition) is 1. The first-order valence-electron chi connectivity index (χ1n) is 5.20. The van der Waals surface area contributed by atoms with E-state index in [0.717, 1.165) is 5.56 Å². The number of piperazine rings is 1. The summed E-state index contributed by atoms with van der Waals surface area (Å²) in [6, 6.07) is 3.77. The lowest BCUT2D eigenvalue weighted by Crippen LogP contribution is -2.52. The highest BCUT2D eigenvalue weighted by Gasteiger charge is 2.24. The summed E-state index contributed by atoms with van der Waals surface area (Å²) >= 11 is 0. The minimum Gasteiger partial charge on any atom is -0.300 e. The molecule has 1 N–H and O–H groups in total. The summed E-state index contributed by atoms with van der Waals surface area (Å²) in [6.07, 6.45) is 4.09. The van der Waals surface area contributed by atoms with Gasteiger partial charge in [-0.15, -0.1) is 0 Å². The number of aromatic nitrogens is 1. The van der Waals surface area contributed by atoms with Gasteiger partial charge in [-0.1, -0.05) is 0 Å². The van der Waals surface area contributed by atoms with E-state index in [1.54, 1.807) is 12.4 Å². The largest absolute Gasteiger partial charge is 0.300 e. The quantitative estimate of drug-likeness (QED) is 0.701. The molecular weight excluding hydrogens is 206 g/mol. The van der Waals surface area contributed by atoms with Crippen molar-refractivity contribution in [3.63, 3.8) is 0 Å². The van der Waals surface area contributed by atoms with E-state index < -0.39 is 0 Å². The third kappa shape index (κ3) is 2.43. The Labute approximate surface area is 93.5 Å². The summed E-state index contributed by atoms with van der Waals surface area (Å²) in [6.45, 7) is 0.952. The molecule has 0 atom stereocenters. The minimum atomic E-state index is -0.148. The lowest BCUT2D eigenvalue weighted by Gasteiger charge is -2.25. The Morgan fingerprint density at radius 2 is 1.81 bits per heavy atom. The van der Waals surface area contributed by atoms with Gasteiger partial charge in [0.25, 0.3) is 0 Å². The van der Waals surface area contributed by atoms with E-state index in [1.807, 2.05) is 12.1 Å². The van der Waals surface area contributed by atoms with Crippen LogP contribution in [0.25, 0.3) is 0 Å². The van der Waals surface area contributed by atoms with E-state index in [-0.39, 0.29) is 24.9 Å². The molecule has 0 saturated carbocycles. The van der Waals surface area contributed by atoms with E-state index in [2.05, 4.69) is 10.3 Å². The molecule has 0 unspecified atom stereocenters. The Morgan fingerprint density at radius 3 is 2.44 bits per heavy atom. The molecule has 0 bridgehead atoms. The molecule has 16 heavy (non-hydrogen) atoms. The van der Waals surface area contributed by atoms with E-state index >= 15 is 0 Å². The molecule has 0 aromatic carbocycles. The predicted molar refractivity (Wildman–Crippen MR) is 57.5 cm³/mol. The van der Waals surface area contributed by atoms with Gasteiger partial charge in [0.2, 0.25) is 11.8 Å². The Hall–Kier alpha value is -1.75. The Kier molecular flexibility index (Phi) is 3.26. The first kappa shape index (κ1) is 10.8. The van der Waals surface area contributed by atoms with Crippen LogP contribution in [-0.4, -0.2) is 41.3 Å². The van der Waals surface area contributed by atoms with Crippen LogP contribution in [0.3, 0.4) is 0 Å². The zero-order chi connectivity index (χ0) is 11.4. The first-order valence-corrected chi connectivity index (χ1v) is 5.20. The third-order valence-corrected chi connectivity index (χ3v) is 2.53. The van der Waals surface area contributed by atoms with Crippen LogP contribution in [0.5, 0.6) is 0 Å². The van der Waals surface area contributed by atoms with E-state index in [1.165, 1.54) is 4.90 Å². The highest BCUT2D eigenvalue weighted by atomic mass is 16.2. The fraction of sp³-hybridized carbons (Fsp3) is 0.364. The maximum Gasteiger partial charge on any atom is 0.243 e. The molecule has 5 heteroatoms. The highest BCUT2D eigenvalue weighted by Crippen LogP contribution is 2.02. The van der Waals surface area contributed by atoms with Gasteiger partial charge in [-0.05, 0) is 24.1 Å². The molecule has 1 aromatic heterocycles.